The summed E-state index contributed by atoms with van der Waals surface area (Å²) in [7, 11) is 1.53. The van der Waals surface area contributed by atoms with Crippen LogP contribution in [0.4, 0.5) is 10.1 Å². The molecule has 0 atom stereocenters. The molecule has 0 unspecified atom stereocenters. The Hall–Kier alpha value is -3.67. The first-order chi connectivity index (χ1) is 13.5. The molecular weight excluding hydrogens is 361 g/mol. The second-order valence-corrected chi connectivity index (χ2v) is 5.94. The van der Waals surface area contributed by atoms with Crippen molar-refractivity contribution >= 4 is 17.9 Å². The van der Waals surface area contributed by atoms with Crippen molar-refractivity contribution in [1.29, 1.82) is 0 Å². The fraction of sp³-hybridized carbons (Fsp3) is 0.0909. The highest BCUT2D eigenvalue weighted by Crippen LogP contribution is 2.28. The highest BCUT2D eigenvalue weighted by molar-refractivity contribution is 5.87. The van der Waals surface area contributed by atoms with Crippen LogP contribution in [0, 0.1) is 5.82 Å². The lowest BCUT2D eigenvalue weighted by Gasteiger charge is -2.11. The third kappa shape index (κ3) is 4.94. The van der Waals surface area contributed by atoms with Crippen molar-refractivity contribution in [2.45, 2.75) is 6.61 Å². The molecule has 0 aliphatic rings. The zero-order valence-corrected chi connectivity index (χ0v) is 15.1. The molecule has 0 radical (unpaired) electrons. The van der Waals surface area contributed by atoms with Gasteiger partial charge in [-0.1, -0.05) is 18.2 Å². The molecule has 0 aromatic heterocycles. The standard InChI is InChI=1S/C22H18FNO4/c1-27-21-11-15(13-24-19-7-3-6-18(23)12-19)8-9-20(21)28-14-16-4-2-5-17(10-16)22(25)26/h2-13H,14H2,1H3,(H,25,26). The average molecular weight is 379 g/mol. The van der Waals surface area contributed by atoms with Crippen molar-refractivity contribution in [2.24, 2.45) is 4.99 Å². The molecule has 3 aromatic carbocycles. The van der Waals surface area contributed by atoms with Gasteiger partial charge in [0.15, 0.2) is 11.5 Å². The Morgan fingerprint density at radius 1 is 1.07 bits per heavy atom. The average Bonchev–Trinajstić information content (AvgIpc) is 2.71. The minimum Gasteiger partial charge on any atom is -0.493 e. The van der Waals surface area contributed by atoms with Crippen molar-refractivity contribution in [1.82, 2.24) is 0 Å². The summed E-state index contributed by atoms with van der Waals surface area (Å²) in [4.78, 5) is 15.3. The smallest absolute Gasteiger partial charge is 0.335 e. The Kier molecular flexibility index (Phi) is 6.01. The summed E-state index contributed by atoms with van der Waals surface area (Å²) in [6.45, 7) is 0.203. The highest BCUT2D eigenvalue weighted by Gasteiger charge is 2.07. The van der Waals surface area contributed by atoms with Crippen molar-refractivity contribution < 1.29 is 23.8 Å². The number of carboxylic acid groups (broad SMARTS) is 1. The van der Waals surface area contributed by atoms with Crippen molar-refractivity contribution in [3.05, 3.63) is 89.2 Å². The van der Waals surface area contributed by atoms with Gasteiger partial charge in [-0.25, -0.2) is 9.18 Å². The summed E-state index contributed by atoms with van der Waals surface area (Å²) in [6, 6.07) is 17.9. The van der Waals surface area contributed by atoms with Gasteiger partial charge in [-0.05, 0) is 59.7 Å². The molecule has 3 rings (SSSR count). The van der Waals surface area contributed by atoms with Gasteiger partial charge in [-0.3, -0.25) is 4.99 Å². The van der Waals surface area contributed by atoms with Gasteiger partial charge in [0.05, 0.1) is 18.4 Å². The van der Waals surface area contributed by atoms with Crippen LogP contribution in [0.3, 0.4) is 0 Å². The van der Waals surface area contributed by atoms with Gasteiger partial charge in [-0.15, -0.1) is 0 Å². The maximum Gasteiger partial charge on any atom is 0.335 e. The Morgan fingerprint density at radius 3 is 2.64 bits per heavy atom. The number of ether oxygens (including phenoxy) is 2. The van der Waals surface area contributed by atoms with Crippen LogP contribution in [-0.4, -0.2) is 24.4 Å². The Balaban J connectivity index is 1.72. The number of methoxy groups -OCH3 is 1. The van der Waals surface area contributed by atoms with Crippen LogP contribution in [-0.2, 0) is 6.61 Å². The lowest BCUT2D eigenvalue weighted by molar-refractivity contribution is 0.0696. The largest absolute Gasteiger partial charge is 0.493 e. The number of carboxylic acids is 1. The predicted molar refractivity (Wildman–Crippen MR) is 104 cm³/mol. The zero-order chi connectivity index (χ0) is 19.9. The summed E-state index contributed by atoms with van der Waals surface area (Å²) in [5.74, 6) is -0.298. The number of halogens is 1. The minimum absolute atomic E-state index is 0.203. The maximum atomic E-state index is 13.2. The van der Waals surface area contributed by atoms with Crippen molar-refractivity contribution in [3.63, 3.8) is 0 Å². The summed E-state index contributed by atoms with van der Waals surface area (Å²) in [6.07, 6.45) is 1.61. The summed E-state index contributed by atoms with van der Waals surface area (Å²) in [5, 5.41) is 9.06. The van der Waals surface area contributed by atoms with Crippen LogP contribution in [0.5, 0.6) is 11.5 Å². The second kappa shape index (κ2) is 8.81. The lowest BCUT2D eigenvalue weighted by Crippen LogP contribution is -2.01. The van der Waals surface area contributed by atoms with Gasteiger partial charge in [0.25, 0.3) is 0 Å². The quantitative estimate of drug-likeness (QED) is 0.595. The fourth-order valence-electron chi connectivity index (χ4n) is 2.54. The molecule has 0 bridgehead atoms. The molecule has 0 saturated carbocycles. The van der Waals surface area contributed by atoms with Crippen molar-refractivity contribution in [2.75, 3.05) is 7.11 Å². The predicted octanol–water partition coefficient (Wildman–Crippen LogP) is 4.86. The number of aliphatic imine (C=N–C) groups is 1. The van der Waals surface area contributed by atoms with E-state index in [9.17, 15) is 9.18 Å². The monoisotopic (exact) mass is 379 g/mol. The van der Waals surface area contributed by atoms with Gasteiger partial charge in [0.1, 0.15) is 12.4 Å². The van der Waals surface area contributed by atoms with Gasteiger partial charge >= 0.3 is 5.97 Å². The Bertz CT molecular complexity index is 1020. The van der Waals surface area contributed by atoms with Crippen LogP contribution >= 0.6 is 0 Å². The van der Waals surface area contributed by atoms with Gasteiger partial charge in [0, 0.05) is 6.21 Å². The molecule has 6 heteroatoms. The molecule has 0 aliphatic carbocycles. The summed E-state index contributed by atoms with van der Waals surface area (Å²) < 4.78 is 24.4. The summed E-state index contributed by atoms with van der Waals surface area (Å²) in [5.41, 5.74) is 2.22. The van der Waals surface area contributed by atoms with Crippen LogP contribution < -0.4 is 9.47 Å². The molecule has 0 saturated heterocycles. The van der Waals surface area contributed by atoms with Crippen LogP contribution in [0.1, 0.15) is 21.5 Å². The number of hydrogen-bond acceptors (Lipinski definition) is 4. The number of carbonyl (C=O) groups is 1. The molecule has 5 nitrogen and oxygen atoms in total. The maximum absolute atomic E-state index is 13.2. The molecule has 0 spiro atoms. The third-order valence-electron chi connectivity index (χ3n) is 3.93. The number of hydrogen-bond donors (Lipinski definition) is 1. The molecule has 0 aliphatic heterocycles. The molecular formula is C22H18FNO4. The molecule has 1 N–H and O–H groups in total. The van der Waals surface area contributed by atoms with E-state index < -0.39 is 5.97 Å². The number of aromatic carboxylic acids is 1. The van der Waals surface area contributed by atoms with Gasteiger partial charge in [-0.2, -0.15) is 0 Å². The first kappa shape index (κ1) is 19.1. The minimum atomic E-state index is -0.985. The van der Waals surface area contributed by atoms with Gasteiger partial charge in [0.2, 0.25) is 0 Å². The molecule has 28 heavy (non-hydrogen) atoms. The molecule has 142 valence electrons. The van der Waals surface area contributed by atoms with Crippen LogP contribution in [0.25, 0.3) is 0 Å². The van der Waals surface area contributed by atoms with E-state index >= 15 is 0 Å². The highest BCUT2D eigenvalue weighted by atomic mass is 19.1. The second-order valence-electron chi connectivity index (χ2n) is 5.94. The van der Waals surface area contributed by atoms with Crippen molar-refractivity contribution in [3.8, 4) is 11.5 Å². The van der Waals surface area contributed by atoms with E-state index in [2.05, 4.69) is 4.99 Å². The topological polar surface area (TPSA) is 68.1 Å². The van der Waals surface area contributed by atoms with E-state index in [-0.39, 0.29) is 18.0 Å². The molecule has 0 fully saturated rings. The lowest BCUT2D eigenvalue weighted by atomic mass is 10.1. The van der Waals surface area contributed by atoms with Gasteiger partial charge < -0.3 is 14.6 Å². The number of nitrogens with zero attached hydrogens (tertiary/aromatic N) is 1. The fourth-order valence-corrected chi connectivity index (χ4v) is 2.54. The molecule has 3 aromatic rings. The van der Waals surface area contributed by atoms with E-state index in [1.54, 1.807) is 54.7 Å². The number of rotatable bonds is 7. The van der Waals surface area contributed by atoms with Crippen LogP contribution in [0.15, 0.2) is 71.7 Å². The summed E-state index contributed by atoms with van der Waals surface area (Å²) >= 11 is 0. The van der Waals surface area contributed by atoms with E-state index in [0.717, 1.165) is 11.1 Å². The van der Waals surface area contributed by atoms with Crippen LogP contribution in [0.2, 0.25) is 0 Å². The first-order valence-electron chi connectivity index (χ1n) is 8.48. The zero-order valence-electron chi connectivity index (χ0n) is 15.1. The molecule has 0 amide bonds. The Morgan fingerprint density at radius 2 is 1.89 bits per heavy atom. The SMILES string of the molecule is COc1cc(C=Nc2cccc(F)c2)ccc1OCc1cccc(C(=O)O)c1. The molecule has 0 heterocycles. The third-order valence-corrected chi connectivity index (χ3v) is 3.93. The number of benzene rings is 3. The van der Waals surface area contributed by atoms with E-state index in [4.69, 9.17) is 14.6 Å². The van der Waals surface area contributed by atoms with E-state index in [0.29, 0.717) is 17.2 Å². The van der Waals surface area contributed by atoms with E-state index in [1.807, 2.05) is 0 Å². The normalized spacial score (nSPS) is 10.8. The first-order valence-corrected chi connectivity index (χ1v) is 8.48. The van der Waals surface area contributed by atoms with E-state index in [1.165, 1.54) is 25.3 Å². The Labute approximate surface area is 161 Å².